The van der Waals surface area contributed by atoms with Crippen molar-refractivity contribution < 1.29 is 31.9 Å². The number of rotatable bonds is 19. The Morgan fingerprint density at radius 1 is 1.04 bits per heavy atom. The lowest BCUT2D eigenvalue weighted by Crippen LogP contribution is -2.40. The fourth-order valence-electron chi connectivity index (χ4n) is 6.76. The van der Waals surface area contributed by atoms with E-state index in [9.17, 15) is 31.9 Å². The molecule has 1 N–H and O–H groups in total. The van der Waals surface area contributed by atoms with Gasteiger partial charge in [0.2, 0.25) is 5.91 Å². The third kappa shape index (κ3) is 11.2. The molecule has 1 aliphatic carbocycles. The van der Waals surface area contributed by atoms with Crippen molar-refractivity contribution in [3.63, 3.8) is 0 Å². The number of benzene rings is 2. The summed E-state index contributed by atoms with van der Waals surface area (Å²) in [6.45, 7) is 11.5. The van der Waals surface area contributed by atoms with Gasteiger partial charge in [0.15, 0.2) is 0 Å². The average Bonchev–Trinajstić information content (AvgIpc) is 3.93. The highest BCUT2D eigenvalue weighted by Crippen LogP contribution is 2.43. The van der Waals surface area contributed by atoms with Crippen LogP contribution in [0.2, 0.25) is 0 Å². The van der Waals surface area contributed by atoms with Gasteiger partial charge in [0.25, 0.3) is 5.56 Å². The summed E-state index contributed by atoms with van der Waals surface area (Å²) < 4.78 is 63.2. The van der Waals surface area contributed by atoms with Gasteiger partial charge in [-0.1, -0.05) is 24.3 Å². The minimum absolute atomic E-state index is 0.00812. The number of aromatic nitrogens is 1. The average molecular weight is 738 g/mol. The lowest BCUT2D eigenvalue weighted by atomic mass is 9.88. The quantitative estimate of drug-likeness (QED) is 0.0576. The van der Waals surface area contributed by atoms with Crippen LogP contribution in [0.3, 0.4) is 0 Å². The van der Waals surface area contributed by atoms with Crippen LogP contribution in [0.1, 0.15) is 103 Å². The predicted molar refractivity (Wildman–Crippen MR) is 200 cm³/mol. The molecule has 1 heterocycles. The van der Waals surface area contributed by atoms with Gasteiger partial charge in [0.05, 0.1) is 24.6 Å². The summed E-state index contributed by atoms with van der Waals surface area (Å²) in [5.41, 5.74) is 2.83. The number of nitrogens with one attached hydrogen (secondary N) is 1. The third-order valence-corrected chi connectivity index (χ3v) is 9.52. The highest BCUT2D eigenvalue weighted by atomic mass is 19.4. The van der Waals surface area contributed by atoms with Crippen LogP contribution in [-0.2, 0) is 33.3 Å². The molecule has 53 heavy (non-hydrogen) atoms. The van der Waals surface area contributed by atoms with E-state index >= 15 is 0 Å². The number of hydrogen-bond acceptors (Lipinski definition) is 5. The van der Waals surface area contributed by atoms with Crippen molar-refractivity contribution in [3.05, 3.63) is 117 Å². The second kappa shape index (κ2) is 18.5. The summed E-state index contributed by atoms with van der Waals surface area (Å²) in [6.07, 6.45) is 4.52. The van der Waals surface area contributed by atoms with Crippen LogP contribution in [0, 0.1) is 12.7 Å². The van der Waals surface area contributed by atoms with Crippen LogP contribution in [0.15, 0.2) is 72.7 Å². The molecule has 2 aromatic carbocycles. The molecule has 1 amide bonds. The van der Waals surface area contributed by atoms with Gasteiger partial charge in [0.1, 0.15) is 11.9 Å². The number of esters is 1. The number of nitrogens with zero attached hydrogens (tertiary/aromatic N) is 2. The van der Waals surface area contributed by atoms with Gasteiger partial charge >= 0.3 is 12.1 Å². The molecule has 11 heteroatoms. The van der Waals surface area contributed by atoms with Crippen molar-refractivity contribution in [3.8, 4) is 11.1 Å². The number of amides is 1. The van der Waals surface area contributed by atoms with Gasteiger partial charge in [-0.3, -0.25) is 14.4 Å². The molecule has 0 radical (unpaired) electrons. The number of likely N-dealkylation sites (N-methyl/N-ethyl adjacent to an activating group) is 1. The van der Waals surface area contributed by atoms with Crippen molar-refractivity contribution in [1.29, 1.82) is 0 Å². The van der Waals surface area contributed by atoms with E-state index in [2.05, 4.69) is 24.5 Å². The van der Waals surface area contributed by atoms with Crippen molar-refractivity contribution in [2.45, 2.75) is 95.8 Å². The van der Waals surface area contributed by atoms with Gasteiger partial charge < -0.3 is 19.5 Å². The fraction of sp³-hybridized carbons (Fsp3) is 0.452. The highest BCUT2D eigenvalue weighted by molar-refractivity contribution is 5.82. The summed E-state index contributed by atoms with van der Waals surface area (Å²) in [5, 5.41) is 2.95. The minimum Gasteiger partial charge on any atom is -0.466 e. The van der Waals surface area contributed by atoms with Crippen LogP contribution in [0.25, 0.3) is 11.1 Å². The number of allylic oxidation sites excluding steroid dienone is 2. The number of aryl methyl sites for hydroxylation is 2. The molecule has 286 valence electrons. The number of hydrogen-bond donors (Lipinski definition) is 1. The van der Waals surface area contributed by atoms with Gasteiger partial charge in [-0.2, -0.15) is 13.2 Å². The molecule has 1 saturated carbocycles. The van der Waals surface area contributed by atoms with Crippen LogP contribution < -0.4 is 10.9 Å². The number of carbonyl (C=O) groups is 2. The zero-order valence-corrected chi connectivity index (χ0v) is 31.2. The third-order valence-electron chi connectivity index (χ3n) is 9.52. The van der Waals surface area contributed by atoms with Crippen molar-refractivity contribution in [2.75, 3.05) is 27.2 Å². The number of carbonyl (C=O) groups excluding carboxylic acids is 2. The Labute approximate surface area is 309 Å². The van der Waals surface area contributed by atoms with Crippen molar-refractivity contribution in [2.24, 2.45) is 0 Å². The Kier molecular flexibility index (Phi) is 14.4. The molecular formula is C42H51F4N3O4. The number of alkyl halides is 3. The van der Waals surface area contributed by atoms with Crippen LogP contribution in [-0.4, -0.2) is 48.6 Å². The summed E-state index contributed by atoms with van der Waals surface area (Å²) in [6, 6.07) is 7.38. The topological polar surface area (TPSA) is 80.6 Å². The van der Waals surface area contributed by atoms with Crippen LogP contribution in [0.4, 0.5) is 17.6 Å². The van der Waals surface area contributed by atoms with Gasteiger partial charge in [0, 0.05) is 18.8 Å². The Morgan fingerprint density at radius 3 is 2.40 bits per heavy atom. The molecular weight excluding hydrogens is 686 g/mol. The molecule has 7 nitrogen and oxygen atoms in total. The maximum atomic E-state index is 14.8. The molecule has 4 rings (SSSR count). The molecule has 1 aliphatic rings. The molecule has 0 aliphatic heterocycles. The summed E-state index contributed by atoms with van der Waals surface area (Å²) >= 11 is 0. The first-order valence-electron chi connectivity index (χ1n) is 18.3. The molecule has 3 aromatic rings. The summed E-state index contributed by atoms with van der Waals surface area (Å²) in [7, 11) is 3.46. The summed E-state index contributed by atoms with van der Waals surface area (Å²) in [5.74, 6) is -1.27. The minimum atomic E-state index is -4.76. The van der Waals surface area contributed by atoms with Crippen LogP contribution in [0.5, 0.6) is 0 Å². The molecule has 1 fully saturated rings. The van der Waals surface area contributed by atoms with E-state index in [1.165, 1.54) is 12.1 Å². The monoisotopic (exact) mass is 737 g/mol. The first kappa shape index (κ1) is 41.2. The molecule has 1 aromatic heterocycles. The van der Waals surface area contributed by atoms with E-state index in [0.717, 1.165) is 70.7 Å². The van der Waals surface area contributed by atoms with E-state index in [0.29, 0.717) is 18.1 Å². The van der Waals surface area contributed by atoms with E-state index < -0.39 is 41.3 Å². The lowest BCUT2D eigenvalue weighted by molar-refractivity contribution is -0.144. The predicted octanol–water partition coefficient (Wildman–Crippen LogP) is 8.79. The maximum absolute atomic E-state index is 14.8. The highest BCUT2D eigenvalue weighted by Gasteiger charge is 2.36. The van der Waals surface area contributed by atoms with Gasteiger partial charge in [-0.15, -0.1) is 13.2 Å². The first-order valence-corrected chi connectivity index (χ1v) is 18.3. The molecule has 0 unspecified atom stereocenters. The summed E-state index contributed by atoms with van der Waals surface area (Å²) in [4.78, 5) is 42.3. The second-order valence-corrected chi connectivity index (χ2v) is 14.1. The van der Waals surface area contributed by atoms with E-state index in [1.807, 2.05) is 25.1 Å². The van der Waals surface area contributed by atoms with Crippen molar-refractivity contribution >= 4 is 11.9 Å². The molecule has 2 atom stereocenters. The van der Waals surface area contributed by atoms with Gasteiger partial charge in [-0.05, 0) is 142 Å². The van der Waals surface area contributed by atoms with E-state index in [4.69, 9.17) is 4.74 Å². The molecule has 0 spiro atoms. The zero-order chi connectivity index (χ0) is 38.9. The molecule has 0 bridgehead atoms. The number of pyridine rings is 1. The van der Waals surface area contributed by atoms with Gasteiger partial charge in [-0.25, -0.2) is 4.39 Å². The van der Waals surface area contributed by atoms with Crippen LogP contribution >= 0.6 is 0 Å². The second-order valence-electron chi connectivity index (χ2n) is 14.1. The maximum Gasteiger partial charge on any atom is 0.416 e. The number of unbranched alkanes of at least 4 members (excludes halogenated alkanes) is 2. The fourth-order valence-corrected chi connectivity index (χ4v) is 6.76. The largest absolute Gasteiger partial charge is 0.466 e. The number of ether oxygens (including phenoxy) is 1. The normalized spacial score (nSPS) is 14.1. The Balaban J connectivity index is 1.81. The Bertz CT molecular complexity index is 1840. The van der Waals surface area contributed by atoms with E-state index in [-0.39, 0.29) is 49.7 Å². The van der Waals surface area contributed by atoms with E-state index in [1.54, 1.807) is 32.0 Å². The standard InChI is InChI=1S/C42H51F4N3O4/c1-7-10-11-12-14-29-23-34(43)19-27(4)40(29)33-21-31(28-15-16-28)20-32(22-33)36(25-39(51)53-9-3)47-41(52)37(13-8-2)49-26-30(17-18-48(5)6)35(24-38(49)50)42(44,45)46/h7-8,19-24,26,28,36-37H,1-2,9-18,25H2,3-6H3,(H,47,52)/t36-,37-/m0/s1. The smallest absolute Gasteiger partial charge is 0.416 e. The molecule has 0 saturated heterocycles. The SMILES string of the molecule is C=CCCCCc1cc(F)cc(C)c1-c1cc(C2CC2)cc([C@H](CC(=O)OCC)NC(=O)[C@H](CC=C)n2cc(CCN(C)C)c(C(F)(F)F)cc2=O)c1. The Hall–Kier alpha value is -4.51. The zero-order valence-electron chi connectivity index (χ0n) is 31.2. The number of halogens is 4. The first-order chi connectivity index (χ1) is 25.2. The lowest BCUT2D eigenvalue weighted by Gasteiger charge is -2.26. The van der Waals surface area contributed by atoms with Crippen molar-refractivity contribution in [1.82, 2.24) is 14.8 Å². The Morgan fingerprint density at radius 2 is 1.77 bits per heavy atom.